The highest BCUT2D eigenvalue weighted by atomic mass is 32.1. The van der Waals surface area contributed by atoms with E-state index in [0.29, 0.717) is 19.4 Å². The number of thiocarbonyl (C=S) groups is 1. The third kappa shape index (κ3) is 2.65. The van der Waals surface area contributed by atoms with Crippen LogP contribution in [-0.2, 0) is 14.3 Å². The fourth-order valence-corrected chi connectivity index (χ4v) is 1.54. The highest BCUT2D eigenvalue weighted by Crippen LogP contribution is 2.46. The Labute approximate surface area is 93.3 Å². The molecule has 1 saturated carbocycles. The van der Waals surface area contributed by atoms with Gasteiger partial charge in [0, 0.05) is 0 Å². The van der Waals surface area contributed by atoms with E-state index in [4.69, 9.17) is 18.0 Å². The van der Waals surface area contributed by atoms with Gasteiger partial charge in [-0.25, -0.2) is 0 Å². The summed E-state index contributed by atoms with van der Waals surface area (Å²) in [5.74, 6) is -0.729. The minimum Gasteiger partial charge on any atom is -0.465 e. The summed E-state index contributed by atoms with van der Waals surface area (Å²) in [5, 5.41) is 2.47. The number of nitrogens with two attached hydrogens (primary N) is 1. The molecule has 1 aliphatic carbocycles. The van der Waals surface area contributed by atoms with E-state index in [0.717, 1.165) is 0 Å². The van der Waals surface area contributed by atoms with Crippen LogP contribution < -0.4 is 11.1 Å². The molecule has 0 radical (unpaired) electrons. The molecule has 0 spiro atoms. The molecule has 1 amide bonds. The quantitative estimate of drug-likeness (QED) is 0.502. The average Bonchev–Trinajstić information content (AvgIpc) is 2.95. The average molecular weight is 230 g/mol. The maximum Gasteiger partial charge on any atom is 0.325 e. The van der Waals surface area contributed by atoms with Crippen molar-refractivity contribution >= 4 is 29.1 Å². The van der Waals surface area contributed by atoms with Gasteiger partial charge in [-0.2, -0.15) is 0 Å². The number of esters is 1. The van der Waals surface area contributed by atoms with Crippen LogP contribution in [0.15, 0.2) is 0 Å². The van der Waals surface area contributed by atoms with Crippen molar-refractivity contribution in [1.29, 1.82) is 0 Å². The molecule has 1 aliphatic rings. The summed E-state index contributed by atoms with van der Waals surface area (Å²) >= 11 is 4.80. The van der Waals surface area contributed by atoms with Crippen LogP contribution in [0.25, 0.3) is 0 Å². The number of hydrogen-bond donors (Lipinski definition) is 2. The molecular formula is C9H14N2O3S. The molecule has 0 aromatic rings. The van der Waals surface area contributed by atoms with Crippen LogP contribution >= 0.6 is 12.2 Å². The molecule has 0 atom stereocenters. The fourth-order valence-electron chi connectivity index (χ4n) is 1.24. The molecule has 0 bridgehead atoms. The monoisotopic (exact) mass is 230 g/mol. The third-order valence-electron chi connectivity index (χ3n) is 2.35. The van der Waals surface area contributed by atoms with Crippen molar-refractivity contribution in [3.8, 4) is 0 Å². The minimum atomic E-state index is -0.707. The lowest BCUT2D eigenvalue weighted by molar-refractivity contribution is -0.143. The van der Waals surface area contributed by atoms with Crippen LogP contribution in [0.3, 0.4) is 0 Å². The summed E-state index contributed by atoms with van der Waals surface area (Å²) in [6.07, 6.45) is 1.33. The Morgan fingerprint density at radius 2 is 2.13 bits per heavy atom. The SMILES string of the molecule is CCOC(=O)CNC(=O)C1(C(N)=S)CC1. The number of carbonyl (C=O) groups excluding carboxylic acids is 2. The Hall–Kier alpha value is -1.17. The normalized spacial score (nSPS) is 16.6. The Bertz CT molecular complexity index is 300. The van der Waals surface area contributed by atoms with Crippen molar-refractivity contribution in [1.82, 2.24) is 5.32 Å². The van der Waals surface area contributed by atoms with Crippen molar-refractivity contribution in [2.45, 2.75) is 19.8 Å². The number of ether oxygens (including phenoxy) is 1. The van der Waals surface area contributed by atoms with Gasteiger partial charge in [-0.15, -0.1) is 0 Å². The Kier molecular flexibility index (Phi) is 3.62. The highest BCUT2D eigenvalue weighted by molar-refractivity contribution is 7.80. The first kappa shape index (κ1) is 11.9. The zero-order valence-electron chi connectivity index (χ0n) is 8.54. The third-order valence-corrected chi connectivity index (χ3v) is 2.75. The van der Waals surface area contributed by atoms with Gasteiger partial charge >= 0.3 is 5.97 Å². The zero-order chi connectivity index (χ0) is 11.5. The van der Waals surface area contributed by atoms with Gasteiger partial charge in [0.15, 0.2) is 0 Å². The van der Waals surface area contributed by atoms with Crippen LogP contribution in [0.4, 0.5) is 0 Å². The molecular weight excluding hydrogens is 216 g/mol. The number of carbonyl (C=O) groups is 2. The standard InChI is InChI=1S/C9H14N2O3S/c1-2-14-6(12)5-11-8(13)9(3-4-9)7(10)15/h2-5H2,1H3,(H2,10,15)(H,11,13). The summed E-state index contributed by atoms with van der Waals surface area (Å²) in [6.45, 7) is 1.88. The van der Waals surface area contributed by atoms with Gasteiger partial charge in [-0.1, -0.05) is 12.2 Å². The second-order valence-electron chi connectivity index (χ2n) is 3.43. The number of amides is 1. The van der Waals surface area contributed by atoms with E-state index in [1.807, 2.05) is 0 Å². The van der Waals surface area contributed by atoms with Gasteiger partial charge in [-0.3, -0.25) is 9.59 Å². The minimum absolute atomic E-state index is 0.128. The van der Waals surface area contributed by atoms with Gasteiger partial charge in [0.25, 0.3) is 0 Å². The molecule has 84 valence electrons. The molecule has 1 rings (SSSR count). The molecule has 6 heteroatoms. The predicted molar refractivity (Wildman–Crippen MR) is 58.1 cm³/mol. The summed E-state index contributed by atoms with van der Waals surface area (Å²) in [4.78, 5) is 22.8. The lowest BCUT2D eigenvalue weighted by Crippen LogP contribution is -2.41. The summed E-state index contributed by atoms with van der Waals surface area (Å²) < 4.78 is 4.67. The van der Waals surface area contributed by atoms with Crippen molar-refractivity contribution < 1.29 is 14.3 Å². The van der Waals surface area contributed by atoms with E-state index >= 15 is 0 Å². The Morgan fingerprint density at radius 3 is 2.53 bits per heavy atom. The first-order valence-electron chi connectivity index (χ1n) is 4.77. The van der Waals surface area contributed by atoms with Crippen molar-refractivity contribution in [3.63, 3.8) is 0 Å². The van der Waals surface area contributed by atoms with Gasteiger partial charge < -0.3 is 15.8 Å². The van der Waals surface area contributed by atoms with Gasteiger partial charge in [-0.05, 0) is 19.8 Å². The summed E-state index contributed by atoms with van der Waals surface area (Å²) in [6, 6.07) is 0. The number of rotatable bonds is 5. The molecule has 0 saturated heterocycles. The molecule has 0 aromatic carbocycles. The van der Waals surface area contributed by atoms with Crippen LogP contribution in [0.5, 0.6) is 0 Å². The van der Waals surface area contributed by atoms with Gasteiger partial charge in [0.2, 0.25) is 5.91 Å². The Balaban J connectivity index is 2.37. The largest absolute Gasteiger partial charge is 0.465 e. The highest BCUT2D eigenvalue weighted by Gasteiger charge is 2.52. The van der Waals surface area contributed by atoms with Gasteiger partial charge in [0.1, 0.15) is 6.54 Å². The van der Waals surface area contributed by atoms with Gasteiger partial charge in [0.05, 0.1) is 17.0 Å². The topological polar surface area (TPSA) is 81.4 Å². The van der Waals surface area contributed by atoms with E-state index in [1.54, 1.807) is 6.92 Å². The molecule has 0 aliphatic heterocycles. The maximum atomic E-state index is 11.6. The molecule has 1 fully saturated rings. The number of hydrogen-bond acceptors (Lipinski definition) is 4. The molecule has 0 heterocycles. The maximum absolute atomic E-state index is 11.6. The van der Waals surface area contributed by atoms with Crippen LogP contribution in [0, 0.1) is 5.41 Å². The summed E-state index contributed by atoms with van der Waals surface area (Å²) in [7, 11) is 0. The molecule has 15 heavy (non-hydrogen) atoms. The fraction of sp³-hybridized carbons (Fsp3) is 0.667. The molecule has 5 nitrogen and oxygen atoms in total. The molecule has 0 aromatic heterocycles. The zero-order valence-corrected chi connectivity index (χ0v) is 9.36. The first-order valence-corrected chi connectivity index (χ1v) is 5.17. The number of nitrogens with one attached hydrogen (secondary N) is 1. The predicted octanol–water partition coefficient (Wildman–Crippen LogP) is -0.268. The van der Waals surface area contributed by atoms with E-state index in [-0.39, 0.29) is 17.4 Å². The smallest absolute Gasteiger partial charge is 0.325 e. The second-order valence-corrected chi connectivity index (χ2v) is 3.87. The first-order chi connectivity index (χ1) is 7.03. The van der Waals surface area contributed by atoms with E-state index < -0.39 is 11.4 Å². The summed E-state index contributed by atoms with van der Waals surface area (Å²) in [5.41, 5.74) is 4.75. The lowest BCUT2D eigenvalue weighted by Gasteiger charge is -2.12. The second kappa shape index (κ2) is 4.57. The molecule has 0 unspecified atom stereocenters. The van der Waals surface area contributed by atoms with E-state index in [1.165, 1.54) is 0 Å². The van der Waals surface area contributed by atoms with Crippen LogP contribution in [0.1, 0.15) is 19.8 Å². The van der Waals surface area contributed by atoms with Crippen LogP contribution in [-0.4, -0.2) is 30.0 Å². The van der Waals surface area contributed by atoms with E-state index in [9.17, 15) is 9.59 Å². The van der Waals surface area contributed by atoms with E-state index in [2.05, 4.69) is 10.1 Å². The van der Waals surface area contributed by atoms with Crippen LogP contribution in [0.2, 0.25) is 0 Å². The van der Waals surface area contributed by atoms with Crippen molar-refractivity contribution in [3.05, 3.63) is 0 Å². The van der Waals surface area contributed by atoms with Crippen molar-refractivity contribution in [2.24, 2.45) is 11.1 Å². The lowest BCUT2D eigenvalue weighted by atomic mass is 10.1. The Morgan fingerprint density at radius 1 is 1.53 bits per heavy atom. The van der Waals surface area contributed by atoms with Crippen molar-refractivity contribution in [2.75, 3.05) is 13.2 Å². The molecule has 3 N–H and O–H groups in total.